The molecule has 0 bridgehead atoms. The van der Waals surface area contributed by atoms with E-state index in [4.69, 9.17) is 9.47 Å². The summed E-state index contributed by atoms with van der Waals surface area (Å²) in [5, 5.41) is 4.31. The van der Waals surface area contributed by atoms with E-state index < -0.39 is 0 Å². The van der Waals surface area contributed by atoms with Gasteiger partial charge in [-0.25, -0.2) is 5.43 Å². The van der Waals surface area contributed by atoms with Gasteiger partial charge in [0.05, 0.1) is 5.56 Å². The van der Waals surface area contributed by atoms with Crippen LogP contribution in [0.1, 0.15) is 23.2 Å². The summed E-state index contributed by atoms with van der Waals surface area (Å²) >= 11 is 0. The average molecular weight is 362 g/mol. The van der Waals surface area contributed by atoms with Crippen LogP contribution in [0.15, 0.2) is 71.9 Å². The van der Waals surface area contributed by atoms with Crippen LogP contribution in [0.4, 0.5) is 0 Å². The van der Waals surface area contributed by atoms with Gasteiger partial charge >= 0.3 is 0 Å². The SMILES string of the molecule is O=C(N/N=C1/C[C@@H]2CC=C[C@H]12)c1ccccc1OCCOc1ccccc1. The topological polar surface area (TPSA) is 59.9 Å². The number of hydrazone groups is 1. The second-order valence-corrected chi connectivity index (χ2v) is 6.70. The molecule has 2 atom stereocenters. The zero-order valence-electron chi connectivity index (χ0n) is 15.0. The van der Waals surface area contributed by atoms with Crippen molar-refractivity contribution in [1.29, 1.82) is 0 Å². The summed E-state index contributed by atoms with van der Waals surface area (Å²) in [6.45, 7) is 0.750. The number of hydrogen-bond donors (Lipinski definition) is 1. The standard InChI is InChI=1S/C22H22N2O3/c25-22(24-23-20-15-16-7-6-11-18(16)20)19-10-4-5-12-21(19)27-14-13-26-17-8-2-1-3-9-17/h1-6,8-12,16,18H,7,13-15H2,(H,24,25)/b23-20-/t16-,18-/m0/s1. The van der Waals surface area contributed by atoms with E-state index in [1.54, 1.807) is 12.1 Å². The minimum Gasteiger partial charge on any atom is -0.490 e. The molecule has 2 aliphatic rings. The molecule has 2 aliphatic carbocycles. The lowest BCUT2D eigenvalue weighted by molar-refractivity contribution is 0.0948. The Hall–Kier alpha value is -3.08. The van der Waals surface area contributed by atoms with Gasteiger partial charge < -0.3 is 9.47 Å². The molecular weight excluding hydrogens is 340 g/mol. The molecule has 0 spiro atoms. The van der Waals surface area contributed by atoms with Crippen molar-refractivity contribution in [3.05, 3.63) is 72.3 Å². The average Bonchev–Trinajstić information content (AvgIpc) is 3.07. The molecule has 5 heteroatoms. The molecular formula is C22H22N2O3. The highest BCUT2D eigenvalue weighted by atomic mass is 16.5. The number of amides is 1. The first kappa shape index (κ1) is 17.3. The van der Waals surface area contributed by atoms with Gasteiger partial charge in [-0.2, -0.15) is 5.10 Å². The molecule has 0 aliphatic heterocycles. The number of benzene rings is 2. The number of nitrogens with one attached hydrogen (secondary N) is 1. The van der Waals surface area contributed by atoms with Crippen LogP contribution in [0.25, 0.3) is 0 Å². The molecule has 0 unspecified atom stereocenters. The van der Waals surface area contributed by atoms with Gasteiger partial charge in [-0.1, -0.05) is 42.5 Å². The number of carbonyl (C=O) groups is 1. The highest BCUT2D eigenvalue weighted by Gasteiger charge is 2.37. The minimum absolute atomic E-state index is 0.257. The second-order valence-electron chi connectivity index (χ2n) is 6.70. The first-order chi connectivity index (χ1) is 13.3. The van der Waals surface area contributed by atoms with E-state index in [-0.39, 0.29) is 5.91 Å². The zero-order valence-corrected chi connectivity index (χ0v) is 15.0. The molecule has 0 heterocycles. The van der Waals surface area contributed by atoms with E-state index in [1.807, 2.05) is 42.5 Å². The largest absolute Gasteiger partial charge is 0.490 e. The molecule has 0 saturated heterocycles. The summed E-state index contributed by atoms with van der Waals surface area (Å²) in [5.74, 6) is 2.15. The molecule has 0 radical (unpaired) electrons. The van der Waals surface area contributed by atoms with E-state index >= 15 is 0 Å². The number of allylic oxidation sites excluding steroid dienone is 2. The summed E-state index contributed by atoms with van der Waals surface area (Å²) in [7, 11) is 0. The Balaban J connectivity index is 1.31. The Labute approximate surface area is 158 Å². The molecule has 138 valence electrons. The molecule has 2 aromatic rings. The van der Waals surface area contributed by atoms with Gasteiger partial charge in [0.15, 0.2) is 0 Å². The summed E-state index contributed by atoms with van der Waals surface area (Å²) in [4.78, 5) is 12.5. The maximum absolute atomic E-state index is 12.5. The van der Waals surface area contributed by atoms with Gasteiger partial charge in [0.2, 0.25) is 0 Å². The third-order valence-electron chi connectivity index (χ3n) is 4.93. The van der Waals surface area contributed by atoms with Crippen molar-refractivity contribution >= 4 is 11.6 Å². The summed E-state index contributed by atoms with van der Waals surface area (Å²) < 4.78 is 11.4. The number of nitrogens with zero attached hydrogens (tertiary/aromatic N) is 1. The minimum atomic E-state index is -0.257. The highest BCUT2D eigenvalue weighted by Crippen LogP contribution is 2.40. The smallest absolute Gasteiger partial charge is 0.275 e. The number of rotatable bonds is 7. The first-order valence-electron chi connectivity index (χ1n) is 9.24. The molecule has 1 amide bonds. The van der Waals surface area contributed by atoms with Crippen molar-refractivity contribution in [3.63, 3.8) is 0 Å². The molecule has 27 heavy (non-hydrogen) atoms. The highest BCUT2D eigenvalue weighted by molar-refractivity contribution is 5.99. The number of fused-ring (bicyclic) bond motifs is 1. The molecule has 2 aromatic carbocycles. The fourth-order valence-corrected chi connectivity index (χ4v) is 3.45. The third kappa shape index (κ3) is 4.03. The van der Waals surface area contributed by atoms with Crippen LogP contribution in [-0.2, 0) is 0 Å². The normalized spacial score (nSPS) is 21.4. The number of hydrogen-bond acceptors (Lipinski definition) is 4. The molecule has 5 nitrogen and oxygen atoms in total. The van der Waals surface area contributed by atoms with E-state index in [0.717, 1.165) is 24.3 Å². The van der Waals surface area contributed by atoms with Crippen molar-refractivity contribution in [3.8, 4) is 11.5 Å². The van der Waals surface area contributed by atoms with Gasteiger partial charge in [0.1, 0.15) is 24.7 Å². The van der Waals surface area contributed by atoms with Crippen LogP contribution in [0, 0.1) is 11.8 Å². The van der Waals surface area contributed by atoms with E-state index in [0.29, 0.717) is 36.4 Å². The molecule has 1 saturated carbocycles. The first-order valence-corrected chi connectivity index (χ1v) is 9.24. The Bertz CT molecular complexity index is 861. The molecule has 1 N–H and O–H groups in total. The Kier molecular flexibility index (Phi) is 5.19. The monoisotopic (exact) mass is 362 g/mol. The molecule has 4 rings (SSSR count). The Morgan fingerprint density at radius 2 is 1.81 bits per heavy atom. The quantitative estimate of drug-likeness (QED) is 0.463. The van der Waals surface area contributed by atoms with E-state index in [9.17, 15) is 4.79 Å². The van der Waals surface area contributed by atoms with E-state index in [2.05, 4.69) is 22.7 Å². The second kappa shape index (κ2) is 8.08. The number of para-hydroxylation sites is 2. The predicted molar refractivity (Wildman–Crippen MR) is 104 cm³/mol. The van der Waals surface area contributed by atoms with Gasteiger partial charge in [0, 0.05) is 11.6 Å². The van der Waals surface area contributed by atoms with Crippen molar-refractivity contribution in [1.82, 2.24) is 5.43 Å². The van der Waals surface area contributed by atoms with Crippen LogP contribution in [0.3, 0.4) is 0 Å². The van der Waals surface area contributed by atoms with Crippen LogP contribution >= 0.6 is 0 Å². The van der Waals surface area contributed by atoms with Crippen molar-refractivity contribution in [2.45, 2.75) is 12.8 Å². The fraction of sp³-hybridized carbons (Fsp3) is 0.273. The summed E-state index contributed by atoms with van der Waals surface area (Å²) in [6, 6.07) is 16.7. The lowest BCUT2D eigenvalue weighted by atomic mass is 9.74. The van der Waals surface area contributed by atoms with Crippen LogP contribution in [-0.4, -0.2) is 24.8 Å². The maximum Gasteiger partial charge on any atom is 0.275 e. The molecule has 1 fully saturated rings. The van der Waals surface area contributed by atoms with Gasteiger partial charge in [0.25, 0.3) is 5.91 Å². The Morgan fingerprint density at radius 3 is 2.67 bits per heavy atom. The van der Waals surface area contributed by atoms with Gasteiger partial charge in [-0.3, -0.25) is 4.79 Å². The lowest BCUT2D eigenvalue weighted by Crippen LogP contribution is -2.35. The summed E-state index contributed by atoms with van der Waals surface area (Å²) in [5.41, 5.74) is 4.20. The van der Waals surface area contributed by atoms with Gasteiger partial charge in [-0.05, 0) is 43.0 Å². The van der Waals surface area contributed by atoms with Crippen LogP contribution in [0.2, 0.25) is 0 Å². The third-order valence-corrected chi connectivity index (χ3v) is 4.93. The van der Waals surface area contributed by atoms with Gasteiger partial charge in [-0.15, -0.1) is 0 Å². The lowest BCUT2D eigenvalue weighted by Gasteiger charge is -2.31. The van der Waals surface area contributed by atoms with Crippen LogP contribution < -0.4 is 14.9 Å². The summed E-state index contributed by atoms with van der Waals surface area (Å²) in [6.07, 6.45) is 6.47. The Morgan fingerprint density at radius 1 is 1.04 bits per heavy atom. The van der Waals surface area contributed by atoms with Crippen LogP contribution in [0.5, 0.6) is 11.5 Å². The maximum atomic E-state index is 12.5. The molecule has 0 aromatic heterocycles. The fourth-order valence-electron chi connectivity index (χ4n) is 3.45. The van der Waals surface area contributed by atoms with Crippen molar-refractivity contribution < 1.29 is 14.3 Å². The van der Waals surface area contributed by atoms with Crippen molar-refractivity contribution in [2.24, 2.45) is 16.9 Å². The van der Waals surface area contributed by atoms with Crippen molar-refractivity contribution in [2.75, 3.05) is 13.2 Å². The zero-order chi connectivity index (χ0) is 18.5. The number of ether oxygens (including phenoxy) is 2. The van der Waals surface area contributed by atoms with E-state index in [1.165, 1.54) is 0 Å². The predicted octanol–water partition coefficient (Wildman–Crippen LogP) is 3.83. The number of carbonyl (C=O) groups excluding carboxylic acids is 1.